The molecule has 1 saturated heterocycles. The van der Waals surface area contributed by atoms with Gasteiger partial charge in [-0.2, -0.15) is 0 Å². The number of hydrogen-bond donors (Lipinski definition) is 6. The molecule has 1 aliphatic heterocycles. The monoisotopic (exact) mass is 1020 g/mol. The van der Waals surface area contributed by atoms with E-state index in [1.165, 1.54) is 186 Å². The van der Waals surface area contributed by atoms with Crippen molar-refractivity contribution in [1.29, 1.82) is 0 Å². The molecule has 0 spiro atoms. The van der Waals surface area contributed by atoms with Crippen molar-refractivity contribution in [2.75, 3.05) is 19.8 Å². The maximum atomic E-state index is 13.0. The number of esters is 1. The molecule has 6 N–H and O–H groups in total. The Morgan fingerprint density at radius 1 is 0.500 bits per heavy atom. The maximum Gasteiger partial charge on any atom is 0.305 e. The summed E-state index contributed by atoms with van der Waals surface area (Å²) < 4.78 is 16.7. The number of aliphatic hydroxyl groups excluding tert-OH is 5. The first-order chi connectivity index (χ1) is 35.2. The van der Waals surface area contributed by atoms with Crippen LogP contribution in [0.1, 0.15) is 290 Å². The van der Waals surface area contributed by atoms with Gasteiger partial charge in [0.1, 0.15) is 24.4 Å². The van der Waals surface area contributed by atoms with Gasteiger partial charge in [0.05, 0.1) is 32.0 Å². The molecule has 11 nitrogen and oxygen atoms in total. The molecular formula is C61H115NO10. The van der Waals surface area contributed by atoms with Gasteiger partial charge in [0.25, 0.3) is 0 Å². The summed E-state index contributed by atoms with van der Waals surface area (Å²) in [5, 5.41) is 54.4. The number of allylic oxidation sites excluding steroid dienone is 3. The molecule has 11 heteroatoms. The molecular weight excluding hydrogens is 907 g/mol. The first-order valence-electron chi connectivity index (χ1n) is 30.6. The average molecular weight is 1020 g/mol. The molecule has 1 heterocycles. The smallest absolute Gasteiger partial charge is 0.305 e. The molecule has 1 rings (SSSR count). The number of aliphatic hydroxyl groups is 5. The molecule has 0 bridgehead atoms. The van der Waals surface area contributed by atoms with Gasteiger partial charge in [-0.15, -0.1) is 0 Å². The van der Waals surface area contributed by atoms with E-state index in [1.807, 2.05) is 6.08 Å². The fourth-order valence-electron chi connectivity index (χ4n) is 9.67. The van der Waals surface area contributed by atoms with E-state index in [2.05, 4.69) is 31.3 Å². The van der Waals surface area contributed by atoms with Crippen LogP contribution in [0.4, 0.5) is 0 Å². The van der Waals surface area contributed by atoms with Crippen LogP contribution in [0.5, 0.6) is 0 Å². The second-order valence-corrected chi connectivity index (χ2v) is 21.4. The highest BCUT2D eigenvalue weighted by molar-refractivity contribution is 5.76. The van der Waals surface area contributed by atoms with E-state index in [0.29, 0.717) is 19.4 Å². The SMILES string of the molecule is CCCCCCCCCCCC/C=C/C(O)C(COC1OC(CO)C(O)C(O)C1O)NC(=O)CCCCCCCCC/C=C\CCCCCCCCCCCCOC(=O)CCCCCCCCCCCCC. The van der Waals surface area contributed by atoms with E-state index < -0.39 is 49.5 Å². The lowest BCUT2D eigenvalue weighted by atomic mass is 9.99. The van der Waals surface area contributed by atoms with Gasteiger partial charge in [-0.1, -0.05) is 244 Å². The van der Waals surface area contributed by atoms with Crippen molar-refractivity contribution in [2.45, 2.75) is 333 Å². The van der Waals surface area contributed by atoms with E-state index in [1.54, 1.807) is 6.08 Å². The summed E-state index contributed by atoms with van der Waals surface area (Å²) in [6.07, 6.45) is 51.3. The normalized spacial score (nSPS) is 19.1. The minimum Gasteiger partial charge on any atom is -0.466 e. The van der Waals surface area contributed by atoms with Crippen molar-refractivity contribution in [3.63, 3.8) is 0 Å². The Kier molecular flexibility index (Phi) is 48.5. The van der Waals surface area contributed by atoms with Crippen LogP contribution in [0, 0.1) is 0 Å². The van der Waals surface area contributed by atoms with E-state index >= 15 is 0 Å². The third kappa shape index (κ3) is 40.5. The van der Waals surface area contributed by atoms with Gasteiger partial charge in [0, 0.05) is 12.8 Å². The molecule has 0 saturated carbocycles. The van der Waals surface area contributed by atoms with Crippen molar-refractivity contribution >= 4 is 11.9 Å². The van der Waals surface area contributed by atoms with Gasteiger partial charge in [-0.3, -0.25) is 9.59 Å². The average Bonchev–Trinajstić information content (AvgIpc) is 3.38. The summed E-state index contributed by atoms with van der Waals surface area (Å²) in [7, 11) is 0. The van der Waals surface area contributed by atoms with E-state index in [0.717, 1.165) is 77.0 Å². The standard InChI is InChI=1S/C61H115NO10/c1-3-5-7-9-11-13-15-28-31-35-39-43-47-54(64)53(52-71-61-60(69)59(68)58(67)55(51-63)72-61)62-56(65)48-44-40-36-32-29-25-23-21-19-17-16-18-20-22-24-26-30-34-38-42-46-50-70-57(66)49-45-41-37-33-27-14-12-10-8-6-4-2/h17,19,43,47,53-55,58-61,63-64,67-69H,3-16,18,20-42,44-46,48-52H2,1-2H3,(H,62,65)/b19-17-,47-43+. The number of amides is 1. The first kappa shape index (κ1) is 68.2. The summed E-state index contributed by atoms with van der Waals surface area (Å²) in [6.45, 7) is 4.33. The van der Waals surface area contributed by atoms with Crippen LogP contribution < -0.4 is 5.32 Å². The quantitative estimate of drug-likeness (QED) is 0.0195. The molecule has 424 valence electrons. The topological polar surface area (TPSA) is 175 Å². The Morgan fingerprint density at radius 3 is 1.33 bits per heavy atom. The van der Waals surface area contributed by atoms with Gasteiger partial charge in [-0.05, 0) is 57.8 Å². The molecule has 0 radical (unpaired) electrons. The van der Waals surface area contributed by atoms with Gasteiger partial charge in [0.2, 0.25) is 5.91 Å². The van der Waals surface area contributed by atoms with Crippen molar-refractivity contribution in [3.8, 4) is 0 Å². The summed E-state index contributed by atoms with van der Waals surface area (Å²) in [6, 6.07) is -0.815. The molecule has 0 aromatic heterocycles. The van der Waals surface area contributed by atoms with Crippen LogP contribution in [0.15, 0.2) is 24.3 Å². The second kappa shape index (κ2) is 51.3. The lowest BCUT2D eigenvalue weighted by molar-refractivity contribution is -0.302. The number of unbranched alkanes of at least 4 members (excludes halogenated alkanes) is 37. The predicted molar refractivity (Wildman–Crippen MR) is 297 cm³/mol. The number of hydrogen-bond acceptors (Lipinski definition) is 10. The Labute approximate surface area is 441 Å². The lowest BCUT2D eigenvalue weighted by Crippen LogP contribution is -2.60. The van der Waals surface area contributed by atoms with Gasteiger partial charge in [0.15, 0.2) is 6.29 Å². The third-order valence-electron chi connectivity index (χ3n) is 14.6. The van der Waals surface area contributed by atoms with E-state index in [-0.39, 0.29) is 18.5 Å². The first-order valence-corrected chi connectivity index (χ1v) is 30.6. The van der Waals surface area contributed by atoms with Crippen molar-refractivity contribution in [2.24, 2.45) is 0 Å². The molecule has 1 aliphatic rings. The Morgan fingerprint density at radius 2 is 0.889 bits per heavy atom. The molecule has 1 fully saturated rings. The van der Waals surface area contributed by atoms with Crippen molar-refractivity contribution in [1.82, 2.24) is 5.32 Å². The Bertz CT molecular complexity index is 1250. The minimum atomic E-state index is -1.57. The summed E-state index contributed by atoms with van der Waals surface area (Å²) in [5.74, 6) is -0.194. The van der Waals surface area contributed by atoms with E-state index in [9.17, 15) is 35.1 Å². The number of ether oxygens (including phenoxy) is 3. The second-order valence-electron chi connectivity index (χ2n) is 21.4. The van der Waals surface area contributed by atoms with Crippen molar-refractivity contribution in [3.05, 3.63) is 24.3 Å². The zero-order valence-corrected chi connectivity index (χ0v) is 46.7. The number of carbonyl (C=O) groups is 2. The van der Waals surface area contributed by atoms with Crippen LogP contribution in [-0.4, -0.2) is 100 Å². The van der Waals surface area contributed by atoms with Crippen LogP contribution in [-0.2, 0) is 23.8 Å². The molecule has 0 aromatic rings. The molecule has 0 aliphatic carbocycles. The maximum absolute atomic E-state index is 13.0. The summed E-state index contributed by atoms with van der Waals surface area (Å²) in [5.41, 5.74) is 0. The van der Waals surface area contributed by atoms with Crippen molar-refractivity contribution < 1.29 is 49.3 Å². The highest BCUT2D eigenvalue weighted by Crippen LogP contribution is 2.23. The van der Waals surface area contributed by atoms with Crippen LogP contribution >= 0.6 is 0 Å². The van der Waals surface area contributed by atoms with E-state index in [4.69, 9.17) is 14.2 Å². The summed E-state index contributed by atoms with van der Waals surface area (Å²) >= 11 is 0. The molecule has 7 unspecified atom stereocenters. The third-order valence-corrected chi connectivity index (χ3v) is 14.6. The highest BCUT2D eigenvalue weighted by Gasteiger charge is 2.44. The predicted octanol–water partition coefficient (Wildman–Crippen LogP) is 14.1. The fraction of sp³-hybridized carbons (Fsp3) is 0.902. The molecule has 0 aromatic carbocycles. The molecule has 72 heavy (non-hydrogen) atoms. The van der Waals surface area contributed by atoms with Crippen LogP contribution in [0.3, 0.4) is 0 Å². The van der Waals surface area contributed by atoms with Gasteiger partial charge < -0.3 is 45.1 Å². The number of carbonyl (C=O) groups excluding carboxylic acids is 2. The Hall–Kier alpha value is -1.86. The minimum absolute atomic E-state index is 0.00514. The number of rotatable bonds is 53. The van der Waals surface area contributed by atoms with Gasteiger partial charge in [-0.25, -0.2) is 0 Å². The van der Waals surface area contributed by atoms with Crippen LogP contribution in [0.2, 0.25) is 0 Å². The largest absolute Gasteiger partial charge is 0.466 e. The zero-order chi connectivity index (χ0) is 52.4. The summed E-state index contributed by atoms with van der Waals surface area (Å²) in [4.78, 5) is 25.0. The van der Waals surface area contributed by atoms with Gasteiger partial charge >= 0.3 is 5.97 Å². The zero-order valence-electron chi connectivity index (χ0n) is 46.7. The Balaban J connectivity index is 2.07. The molecule has 7 atom stereocenters. The van der Waals surface area contributed by atoms with Crippen LogP contribution in [0.25, 0.3) is 0 Å². The number of nitrogens with one attached hydrogen (secondary N) is 1. The lowest BCUT2D eigenvalue weighted by Gasteiger charge is -2.40. The fourth-order valence-corrected chi connectivity index (χ4v) is 9.67. The highest BCUT2D eigenvalue weighted by atomic mass is 16.7. The molecule has 1 amide bonds.